The van der Waals surface area contributed by atoms with Crippen LogP contribution < -0.4 is 14.8 Å². The van der Waals surface area contributed by atoms with Crippen molar-refractivity contribution in [3.63, 3.8) is 0 Å². The molecule has 0 unspecified atom stereocenters. The lowest BCUT2D eigenvalue weighted by atomic mass is 10.1. The number of ketones is 1. The molecular weight excluding hydrogens is 330 g/mol. The maximum absolute atomic E-state index is 11.8. The highest BCUT2D eigenvalue weighted by Gasteiger charge is 2.18. The van der Waals surface area contributed by atoms with Crippen molar-refractivity contribution >= 4 is 17.7 Å². The van der Waals surface area contributed by atoms with Crippen molar-refractivity contribution in [1.29, 1.82) is 0 Å². The number of carbonyl (C=O) groups is 3. The zero-order chi connectivity index (χ0) is 18.8. The molecular formula is C17H23NO7. The van der Waals surface area contributed by atoms with Gasteiger partial charge < -0.3 is 24.3 Å². The molecule has 0 aliphatic heterocycles. The molecule has 0 heterocycles. The third kappa shape index (κ3) is 6.80. The summed E-state index contributed by atoms with van der Waals surface area (Å²) in [5, 5.41) is 2.56. The van der Waals surface area contributed by atoms with E-state index in [2.05, 4.69) is 5.32 Å². The summed E-state index contributed by atoms with van der Waals surface area (Å²) in [7, 11) is 2.95. The fourth-order valence-electron chi connectivity index (χ4n) is 1.85. The second kappa shape index (κ2) is 10.3. The van der Waals surface area contributed by atoms with Crippen molar-refractivity contribution in [3.05, 3.63) is 23.8 Å². The molecule has 1 rings (SSSR count). The van der Waals surface area contributed by atoms with Gasteiger partial charge in [0.2, 0.25) is 0 Å². The summed E-state index contributed by atoms with van der Waals surface area (Å²) in [4.78, 5) is 34.8. The zero-order valence-corrected chi connectivity index (χ0v) is 14.8. The molecule has 0 saturated carbocycles. The molecule has 1 aromatic rings. The molecule has 0 saturated heterocycles. The standard InChI is InChI=1S/C17H23NO7/c1-11(19)13-5-6-14(15(9-13)23-4)24-10-16(20)25-12(2)17(21)18-7-8-22-3/h5-6,9,12H,7-8,10H2,1-4H3,(H,18,21)/t12-/m1/s1. The molecule has 0 spiro atoms. The smallest absolute Gasteiger partial charge is 0.344 e. The number of rotatable bonds is 10. The van der Waals surface area contributed by atoms with Gasteiger partial charge >= 0.3 is 5.97 Å². The Morgan fingerprint density at radius 2 is 1.88 bits per heavy atom. The van der Waals surface area contributed by atoms with Gasteiger partial charge in [0.25, 0.3) is 5.91 Å². The van der Waals surface area contributed by atoms with Crippen LogP contribution in [0, 0.1) is 0 Å². The van der Waals surface area contributed by atoms with Gasteiger partial charge in [0, 0.05) is 19.2 Å². The van der Waals surface area contributed by atoms with Crippen molar-refractivity contribution in [3.8, 4) is 11.5 Å². The van der Waals surface area contributed by atoms with Crippen LogP contribution in [0.1, 0.15) is 24.2 Å². The van der Waals surface area contributed by atoms with E-state index in [1.54, 1.807) is 6.07 Å². The first-order valence-corrected chi connectivity index (χ1v) is 7.67. The number of methoxy groups -OCH3 is 2. The number of hydrogen-bond acceptors (Lipinski definition) is 7. The third-order valence-electron chi connectivity index (χ3n) is 3.20. The topological polar surface area (TPSA) is 100 Å². The van der Waals surface area contributed by atoms with Crippen LogP contribution in [0.3, 0.4) is 0 Å². The highest BCUT2D eigenvalue weighted by atomic mass is 16.6. The van der Waals surface area contributed by atoms with E-state index in [9.17, 15) is 14.4 Å². The number of amides is 1. The summed E-state index contributed by atoms with van der Waals surface area (Å²) >= 11 is 0. The summed E-state index contributed by atoms with van der Waals surface area (Å²) in [5.41, 5.74) is 0.466. The molecule has 0 fully saturated rings. The van der Waals surface area contributed by atoms with Crippen molar-refractivity contribution < 1.29 is 33.3 Å². The van der Waals surface area contributed by atoms with Crippen LogP contribution in [0.2, 0.25) is 0 Å². The van der Waals surface area contributed by atoms with Crippen molar-refractivity contribution in [2.75, 3.05) is 34.0 Å². The van der Waals surface area contributed by atoms with Crippen molar-refractivity contribution in [1.82, 2.24) is 5.32 Å². The van der Waals surface area contributed by atoms with E-state index in [0.29, 0.717) is 30.2 Å². The van der Waals surface area contributed by atoms with E-state index < -0.39 is 24.6 Å². The Morgan fingerprint density at radius 1 is 1.16 bits per heavy atom. The Bertz CT molecular complexity index is 615. The van der Waals surface area contributed by atoms with Crippen LogP contribution in [0.25, 0.3) is 0 Å². The minimum atomic E-state index is -0.949. The first-order chi connectivity index (χ1) is 11.9. The quantitative estimate of drug-likeness (QED) is 0.380. The Hall–Kier alpha value is -2.61. The van der Waals surface area contributed by atoms with Crippen LogP contribution in [-0.4, -0.2) is 57.7 Å². The molecule has 25 heavy (non-hydrogen) atoms. The van der Waals surface area contributed by atoms with Crippen LogP contribution in [0.15, 0.2) is 18.2 Å². The second-order valence-corrected chi connectivity index (χ2v) is 5.13. The Morgan fingerprint density at radius 3 is 2.48 bits per heavy atom. The zero-order valence-electron chi connectivity index (χ0n) is 14.8. The molecule has 0 aliphatic carbocycles. The number of esters is 1. The number of hydrogen-bond donors (Lipinski definition) is 1. The van der Waals surface area contributed by atoms with E-state index >= 15 is 0 Å². The van der Waals surface area contributed by atoms with E-state index in [1.807, 2.05) is 0 Å². The maximum atomic E-state index is 11.8. The molecule has 0 radical (unpaired) electrons. The summed E-state index contributed by atoms with van der Waals surface area (Å²) in [6.45, 7) is 3.19. The number of benzene rings is 1. The van der Waals surface area contributed by atoms with Gasteiger partial charge in [-0.25, -0.2) is 4.79 Å². The predicted octanol–water partition coefficient (Wildman–Crippen LogP) is 0.971. The van der Waals surface area contributed by atoms with Gasteiger partial charge in [0.05, 0.1) is 13.7 Å². The number of nitrogens with one attached hydrogen (secondary N) is 1. The average Bonchev–Trinajstić information content (AvgIpc) is 2.59. The molecule has 1 atom stereocenters. The highest BCUT2D eigenvalue weighted by Crippen LogP contribution is 2.28. The van der Waals surface area contributed by atoms with Crippen LogP contribution >= 0.6 is 0 Å². The predicted molar refractivity (Wildman–Crippen MR) is 88.9 cm³/mol. The van der Waals surface area contributed by atoms with Gasteiger partial charge in [-0.2, -0.15) is 0 Å². The summed E-state index contributed by atoms with van der Waals surface area (Å²) in [5.74, 6) is -0.619. The molecule has 0 bridgehead atoms. The molecule has 8 nitrogen and oxygen atoms in total. The van der Waals surface area contributed by atoms with Crippen LogP contribution in [0.5, 0.6) is 11.5 Å². The van der Waals surface area contributed by atoms with E-state index in [4.69, 9.17) is 18.9 Å². The maximum Gasteiger partial charge on any atom is 0.344 e. The Labute approximate surface area is 146 Å². The van der Waals surface area contributed by atoms with Crippen LogP contribution in [-0.2, 0) is 19.1 Å². The molecule has 1 aromatic carbocycles. The molecule has 0 aromatic heterocycles. The summed E-state index contributed by atoms with van der Waals surface area (Å²) < 4.78 is 20.3. The normalized spacial score (nSPS) is 11.4. The lowest BCUT2D eigenvalue weighted by Gasteiger charge is -2.14. The van der Waals surface area contributed by atoms with Crippen LogP contribution in [0.4, 0.5) is 0 Å². The minimum absolute atomic E-state index is 0.113. The highest BCUT2D eigenvalue weighted by molar-refractivity contribution is 5.94. The fraction of sp³-hybridized carbons (Fsp3) is 0.471. The van der Waals surface area contributed by atoms with E-state index in [1.165, 1.54) is 40.2 Å². The average molecular weight is 353 g/mol. The Balaban J connectivity index is 2.53. The molecule has 138 valence electrons. The summed E-state index contributed by atoms with van der Waals surface area (Å²) in [6, 6.07) is 4.62. The number of ether oxygens (including phenoxy) is 4. The van der Waals surface area contributed by atoms with Gasteiger partial charge in [0.15, 0.2) is 30.0 Å². The second-order valence-electron chi connectivity index (χ2n) is 5.13. The molecule has 0 aliphatic rings. The van der Waals surface area contributed by atoms with E-state index in [0.717, 1.165) is 0 Å². The van der Waals surface area contributed by atoms with Gasteiger partial charge in [0.1, 0.15) is 0 Å². The first-order valence-electron chi connectivity index (χ1n) is 7.67. The molecule has 1 amide bonds. The lowest BCUT2D eigenvalue weighted by molar-refractivity contribution is -0.156. The van der Waals surface area contributed by atoms with Gasteiger partial charge in [-0.15, -0.1) is 0 Å². The molecule has 1 N–H and O–H groups in total. The minimum Gasteiger partial charge on any atom is -0.493 e. The van der Waals surface area contributed by atoms with Crippen molar-refractivity contribution in [2.45, 2.75) is 20.0 Å². The summed E-state index contributed by atoms with van der Waals surface area (Å²) in [6.07, 6.45) is -0.949. The van der Waals surface area contributed by atoms with Gasteiger partial charge in [-0.3, -0.25) is 9.59 Å². The lowest BCUT2D eigenvalue weighted by Crippen LogP contribution is -2.38. The van der Waals surface area contributed by atoms with E-state index in [-0.39, 0.29) is 5.78 Å². The number of carbonyl (C=O) groups excluding carboxylic acids is 3. The first kappa shape index (κ1) is 20.4. The third-order valence-corrected chi connectivity index (χ3v) is 3.20. The largest absolute Gasteiger partial charge is 0.493 e. The van der Waals surface area contributed by atoms with Gasteiger partial charge in [-0.05, 0) is 32.0 Å². The SMILES string of the molecule is COCCNC(=O)[C@@H](C)OC(=O)COc1ccc(C(C)=O)cc1OC. The monoisotopic (exact) mass is 353 g/mol. The van der Waals surface area contributed by atoms with Crippen molar-refractivity contribution in [2.24, 2.45) is 0 Å². The number of Topliss-reactive ketones (excluding diaryl/α,β-unsaturated/α-hetero) is 1. The fourth-order valence-corrected chi connectivity index (χ4v) is 1.85. The van der Waals surface area contributed by atoms with Gasteiger partial charge in [-0.1, -0.05) is 0 Å². The molecule has 8 heteroatoms. The Kier molecular flexibility index (Phi) is 8.42.